The van der Waals surface area contributed by atoms with Gasteiger partial charge in [-0.15, -0.1) is 0 Å². The molecule has 0 spiro atoms. The fourth-order valence-corrected chi connectivity index (χ4v) is 4.09. The summed E-state index contributed by atoms with van der Waals surface area (Å²) in [6.07, 6.45) is 0. The smallest absolute Gasteiger partial charge is 0.320 e. The van der Waals surface area contributed by atoms with Crippen LogP contribution in [0.4, 0.5) is 11.4 Å². The normalized spacial score (nSPS) is 10.8. The highest BCUT2D eigenvalue weighted by Gasteiger charge is 2.22. The van der Waals surface area contributed by atoms with Gasteiger partial charge in [0.2, 0.25) is 0 Å². The Labute approximate surface area is 212 Å². The van der Waals surface area contributed by atoms with E-state index in [0.717, 1.165) is 11.1 Å². The molecular formula is C26H22Cl2N4O3. The monoisotopic (exact) mass is 508 g/mol. The van der Waals surface area contributed by atoms with Gasteiger partial charge in [-0.1, -0.05) is 47.5 Å². The minimum Gasteiger partial charge on any atom is -0.320 e. The fourth-order valence-electron chi connectivity index (χ4n) is 3.74. The molecule has 0 aliphatic rings. The first-order valence-electron chi connectivity index (χ1n) is 10.7. The number of anilines is 2. The van der Waals surface area contributed by atoms with Crippen LogP contribution in [0.25, 0.3) is 10.9 Å². The summed E-state index contributed by atoms with van der Waals surface area (Å²) in [6.45, 7) is 5.46. The van der Waals surface area contributed by atoms with Gasteiger partial charge in [-0.05, 0) is 73.9 Å². The largest absolute Gasteiger partial charge is 0.328 e. The third-order valence-corrected chi connectivity index (χ3v) is 6.30. The van der Waals surface area contributed by atoms with Gasteiger partial charge < -0.3 is 10.6 Å². The van der Waals surface area contributed by atoms with E-state index in [9.17, 15) is 14.4 Å². The topological polar surface area (TPSA) is 92.2 Å². The van der Waals surface area contributed by atoms with Crippen LogP contribution in [0.15, 0.2) is 60.7 Å². The van der Waals surface area contributed by atoms with Gasteiger partial charge in [0.1, 0.15) is 5.69 Å². The number of fused-ring (bicyclic) bond motifs is 1. The van der Waals surface area contributed by atoms with Gasteiger partial charge >= 0.3 is 11.8 Å². The van der Waals surface area contributed by atoms with E-state index in [0.29, 0.717) is 37.9 Å². The summed E-state index contributed by atoms with van der Waals surface area (Å²) in [7, 11) is 0. The van der Waals surface area contributed by atoms with Crippen LogP contribution in [0.3, 0.4) is 0 Å². The van der Waals surface area contributed by atoms with Crippen LogP contribution in [0.2, 0.25) is 10.0 Å². The molecule has 0 radical (unpaired) electrons. The number of nitrogens with zero attached hydrogens (tertiary/aromatic N) is 1. The zero-order valence-corrected chi connectivity index (χ0v) is 20.7. The predicted molar refractivity (Wildman–Crippen MR) is 140 cm³/mol. The molecule has 3 N–H and O–H groups in total. The SMILES string of the molecule is Cc1cccc(C)c1NC(=O)C(=O)Nn1c(C(=O)Nc2cccc(Cl)c2C)cc2cc(Cl)ccc21. The van der Waals surface area contributed by atoms with Crippen LogP contribution in [-0.4, -0.2) is 22.4 Å². The molecule has 4 rings (SSSR count). The number of rotatable bonds is 4. The van der Waals surface area contributed by atoms with E-state index in [1.165, 1.54) is 4.68 Å². The molecule has 1 heterocycles. The first-order chi connectivity index (χ1) is 16.7. The lowest BCUT2D eigenvalue weighted by Gasteiger charge is -2.15. The van der Waals surface area contributed by atoms with Crippen molar-refractivity contribution >= 4 is 63.2 Å². The highest BCUT2D eigenvalue weighted by Crippen LogP contribution is 2.26. The summed E-state index contributed by atoms with van der Waals surface area (Å²) in [6, 6.07) is 17.2. The van der Waals surface area contributed by atoms with E-state index in [-0.39, 0.29) is 5.69 Å². The molecule has 0 saturated carbocycles. The summed E-state index contributed by atoms with van der Waals surface area (Å²) in [5, 5.41) is 7.04. The molecule has 178 valence electrons. The Morgan fingerprint density at radius 3 is 2.20 bits per heavy atom. The van der Waals surface area contributed by atoms with E-state index >= 15 is 0 Å². The van der Waals surface area contributed by atoms with Crippen LogP contribution in [0.5, 0.6) is 0 Å². The van der Waals surface area contributed by atoms with Crippen molar-refractivity contribution in [1.29, 1.82) is 0 Å². The number of hydrogen-bond donors (Lipinski definition) is 3. The third-order valence-electron chi connectivity index (χ3n) is 5.65. The maximum Gasteiger partial charge on any atom is 0.328 e. The summed E-state index contributed by atoms with van der Waals surface area (Å²) in [5.74, 6) is -2.30. The number of carbonyl (C=O) groups excluding carboxylic acids is 3. The lowest BCUT2D eigenvalue weighted by atomic mass is 10.1. The van der Waals surface area contributed by atoms with Gasteiger partial charge in [0.05, 0.1) is 5.52 Å². The van der Waals surface area contributed by atoms with E-state index < -0.39 is 17.7 Å². The van der Waals surface area contributed by atoms with Crippen LogP contribution in [0, 0.1) is 20.8 Å². The van der Waals surface area contributed by atoms with E-state index in [2.05, 4.69) is 16.1 Å². The van der Waals surface area contributed by atoms with Crippen LogP contribution >= 0.6 is 23.2 Å². The molecule has 9 heteroatoms. The number of aryl methyl sites for hydroxylation is 2. The first-order valence-corrected chi connectivity index (χ1v) is 11.5. The minimum absolute atomic E-state index is 0.106. The molecule has 0 bridgehead atoms. The molecule has 1 aromatic heterocycles. The Bertz CT molecular complexity index is 1470. The number of para-hydroxylation sites is 1. The van der Waals surface area contributed by atoms with Crippen LogP contribution in [-0.2, 0) is 9.59 Å². The Morgan fingerprint density at radius 1 is 0.800 bits per heavy atom. The molecule has 7 nitrogen and oxygen atoms in total. The maximum atomic E-state index is 13.2. The van der Waals surface area contributed by atoms with Crippen molar-refractivity contribution in [1.82, 2.24) is 4.68 Å². The number of amides is 3. The minimum atomic E-state index is -0.937. The molecule has 35 heavy (non-hydrogen) atoms. The second-order valence-electron chi connectivity index (χ2n) is 8.10. The standard InChI is InChI=1S/C26H22Cl2N4O3/c1-14-6-4-7-15(2)23(14)30-25(34)26(35)31-32-21-11-10-18(27)12-17(21)13-22(32)24(33)29-20-9-5-8-19(28)16(20)3/h4-13H,1-3H3,(H,29,33)(H,30,34)(H,31,35). The van der Waals surface area contributed by atoms with Gasteiger partial charge in [-0.3, -0.25) is 19.8 Å². The van der Waals surface area contributed by atoms with Crippen molar-refractivity contribution in [3.05, 3.63) is 93.1 Å². The molecule has 0 fully saturated rings. The first kappa shape index (κ1) is 24.3. The second-order valence-corrected chi connectivity index (χ2v) is 8.94. The molecule has 3 aromatic carbocycles. The number of carbonyl (C=O) groups is 3. The molecule has 0 aliphatic heterocycles. The fraction of sp³-hybridized carbons (Fsp3) is 0.115. The molecule has 0 aliphatic carbocycles. The number of benzene rings is 3. The van der Waals surface area contributed by atoms with Crippen molar-refractivity contribution in [3.63, 3.8) is 0 Å². The Balaban J connectivity index is 1.66. The van der Waals surface area contributed by atoms with E-state index in [1.54, 1.807) is 49.4 Å². The van der Waals surface area contributed by atoms with Crippen molar-refractivity contribution in [2.24, 2.45) is 0 Å². The molecule has 0 saturated heterocycles. The molecule has 3 amide bonds. The van der Waals surface area contributed by atoms with E-state index in [4.69, 9.17) is 23.2 Å². The summed E-state index contributed by atoms with van der Waals surface area (Å²) >= 11 is 12.3. The number of hydrogen-bond acceptors (Lipinski definition) is 3. The number of halogens is 2. The average Bonchev–Trinajstić information content (AvgIpc) is 3.16. The molecule has 4 aromatic rings. The quantitative estimate of drug-likeness (QED) is 0.302. The van der Waals surface area contributed by atoms with Gasteiger partial charge in [-0.25, -0.2) is 4.68 Å². The average molecular weight is 509 g/mol. The lowest BCUT2D eigenvalue weighted by Crippen LogP contribution is -2.36. The van der Waals surface area contributed by atoms with Gasteiger partial charge in [-0.2, -0.15) is 0 Å². The Morgan fingerprint density at radius 2 is 1.49 bits per heavy atom. The van der Waals surface area contributed by atoms with Crippen molar-refractivity contribution in [2.45, 2.75) is 20.8 Å². The molecule has 0 unspecified atom stereocenters. The van der Waals surface area contributed by atoms with Crippen LogP contribution < -0.4 is 16.1 Å². The van der Waals surface area contributed by atoms with E-state index in [1.807, 2.05) is 32.0 Å². The van der Waals surface area contributed by atoms with Gasteiger partial charge in [0.25, 0.3) is 5.91 Å². The summed E-state index contributed by atoms with van der Waals surface area (Å²) in [5.41, 5.74) is 6.57. The zero-order chi connectivity index (χ0) is 25.3. The second kappa shape index (κ2) is 9.82. The molecule has 0 atom stereocenters. The lowest BCUT2D eigenvalue weighted by molar-refractivity contribution is -0.133. The maximum absolute atomic E-state index is 13.2. The Kier molecular flexibility index (Phi) is 6.82. The third kappa shape index (κ3) is 5.01. The van der Waals surface area contributed by atoms with Crippen molar-refractivity contribution in [2.75, 3.05) is 16.1 Å². The number of nitrogens with one attached hydrogen (secondary N) is 3. The van der Waals surface area contributed by atoms with Crippen LogP contribution in [0.1, 0.15) is 27.2 Å². The van der Waals surface area contributed by atoms with Gasteiger partial charge in [0, 0.05) is 26.8 Å². The zero-order valence-electron chi connectivity index (χ0n) is 19.2. The number of aromatic nitrogens is 1. The van der Waals surface area contributed by atoms with Crippen molar-refractivity contribution < 1.29 is 14.4 Å². The van der Waals surface area contributed by atoms with Gasteiger partial charge in [0.15, 0.2) is 0 Å². The highest BCUT2D eigenvalue weighted by molar-refractivity contribution is 6.42. The molecular weight excluding hydrogens is 487 g/mol. The summed E-state index contributed by atoms with van der Waals surface area (Å²) < 4.78 is 1.27. The highest BCUT2D eigenvalue weighted by atomic mass is 35.5. The van der Waals surface area contributed by atoms with Crippen molar-refractivity contribution in [3.8, 4) is 0 Å². The predicted octanol–water partition coefficient (Wildman–Crippen LogP) is 5.83. The Hall–Kier alpha value is -3.81. The summed E-state index contributed by atoms with van der Waals surface area (Å²) in [4.78, 5) is 38.8.